The molecule has 1 atom stereocenters. The van der Waals surface area contributed by atoms with E-state index in [1.54, 1.807) is 11.3 Å². The number of thiophene rings is 1. The van der Waals surface area contributed by atoms with Crippen LogP contribution >= 0.6 is 11.3 Å². The normalized spacial score (nSPS) is 12.6. The van der Waals surface area contributed by atoms with Crippen molar-refractivity contribution in [1.29, 1.82) is 0 Å². The molecule has 0 radical (unpaired) electrons. The van der Waals surface area contributed by atoms with Crippen LogP contribution in [0, 0.1) is 0 Å². The second-order valence-corrected chi connectivity index (χ2v) is 5.04. The number of rotatable bonds is 6. The molecule has 0 aliphatic heterocycles. The number of nitrogens with one attached hydrogen (secondary N) is 1. The molecule has 0 aliphatic rings. The average Bonchev–Trinajstić information content (AvgIpc) is 3.05. The second kappa shape index (κ2) is 5.97. The second-order valence-electron chi connectivity index (χ2n) is 4.06. The van der Waals surface area contributed by atoms with Crippen molar-refractivity contribution in [2.24, 2.45) is 0 Å². The highest BCUT2D eigenvalue weighted by molar-refractivity contribution is 7.10. The molecule has 0 spiro atoms. The molecule has 1 unspecified atom stereocenters. The van der Waals surface area contributed by atoms with Crippen molar-refractivity contribution >= 4 is 17.4 Å². The first-order chi connectivity index (χ1) is 8.72. The van der Waals surface area contributed by atoms with Crippen molar-refractivity contribution < 1.29 is 4.42 Å². The molecule has 1 N–H and O–H groups in total. The number of hydrogen-bond acceptors (Lipinski definition) is 6. The van der Waals surface area contributed by atoms with Crippen molar-refractivity contribution in [3.05, 3.63) is 28.3 Å². The number of nitrogens with zero attached hydrogens (tertiary/aromatic N) is 3. The first kappa shape index (κ1) is 13.0. The third-order valence-corrected chi connectivity index (χ3v) is 3.86. The Bertz CT molecular complexity index is 468. The van der Waals surface area contributed by atoms with Crippen molar-refractivity contribution in [1.82, 2.24) is 15.5 Å². The van der Waals surface area contributed by atoms with Crippen LogP contribution < -0.4 is 10.2 Å². The van der Waals surface area contributed by atoms with Crippen LogP contribution in [-0.4, -0.2) is 23.8 Å². The largest absolute Gasteiger partial charge is 0.407 e. The zero-order chi connectivity index (χ0) is 13.0. The molecule has 0 aromatic carbocycles. The Morgan fingerprint density at radius 1 is 1.50 bits per heavy atom. The molecule has 0 aliphatic carbocycles. The fraction of sp³-hybridized carbons (Fsp3) is 0.500. The van der Waals surface area contributed by atoms with E-state index in [2.05, 4.69) is 40.0 Å². The van der Waals surface area contributed by atoms with Gasteiger partial charge in [-0.3, -0.25) is 0 Å². The van der Waals surface area contributed by atoms with Gasteiger partial charge in [-0.1, -0.05) is 18.1 Å². The van der Waals surface area contributed by atoms with E-state index in [1.165, 1.54) is 4.88 Å². The van der Waals surface area contributed by atoms with Crippen LogP contribution in [0.2, 0.25) is 0 Å². The summed E-state index contributed by atoms with van der Waals surface area (Å²) in [5, 5.41) is 13.3. The predicted octanol–water partition coefficient (Wildman–Crippen LogP) is 2.44. The van der Waals surface area contributed by atoms with Gasteiger partial charge in [0, 0.05) is 11.9 Å². The maximum absolute atomic E-state index is 5.61. The Morgan fingerprint density at radius 2 is 2.33 bits per heavy atom. The quantitative estimate of drug-likeness (QED) is 0.870. The van der Waals surface area contributed by atoms with Gasteiger partial charge in [0.05, 0.1) is 12.6 Å². The van der Waals surface area contributed by atoms with Crippen LogP contribution in [0.3, 0.4) is 0 Å². The van der Waals surface area contributed by atoms with Crippen molar-refractivity contribution in [2.45, 2.75) is 26.4 Å². The van der Waals surface area contributed by atoms with Gasteiger partial charge in [0.25, 0.3) is 0 Å². The highest BCUT2D eigenvalue weighted by atomic mass is 32.1. The van der Waals surface area contributed by atoms with E-state index in [0.717, 1.165) is 6.54 Å². The van der Waals surface area contributed by atoms with E-state index in [-0.39, 0.29) is 6.04 Å². The molecule has 2 aromatic rings. The Balaban J connectivity index is 2.04. The van der Waals surface area contributed by atoms with Crippen LogP contribution in [0.1, 0.15) is 30.7 Å². The minimum absolute atomic E-state index is 0.234. The Kier molecular flexibility index (Phi) is 4.33. The summed E-state index contributed by atoms with van der Waals surface area (Å²) in [6, 6.07) is 4.96. The molecule has 2 rings (SSSR count). The lowest BCUT2D eigenvalue weighted by atomic mass is 10.2. The van der Waals surface area contributed by atoms with Gasteiger partial charge in [-0.2, -0.15) is 0 Å². The van der Waals surface area contributed by atoms with E-state index in [4.69, 9.17) is 4.42 Å². The lowest BCUT2D eigenvalue weighted by molar-refractivity contribution is 0.462. The molecule has 0 fully saturated rings. The van der Waals surface area contributed by atoms with Crippen LogP contribution in [0.4, 0.5) is 6.01 Å². The fourth-order valence-corrected chi connectivity index (χ4v) is 2.40. The fourth-order valence-electron chi connectivity index (χ4n) is 1.58. The van der Waals surface area contributed by atoms with E-state index >= 15 is 0 Å². The van der Waals surface area contributed by atoms with Crippen LogP contribution in [0.5, 0.6) is 0 Å². The van der Waals surface area contributed by atoms with Gasteiger partial charge in [0.1, 0.15) is 0 Å². The monoisotopic (exact) mass is 266 g/mol. The minimum Gasteiger partial charge on any atom is -0.407 e. The van der Waals surface area contributed by atoms with Gasteiger partial charge in [0.2, 0.25) is 5.89 Å². The summed E-state index contributed by atoms with van der Waals surface area (Å²) in [5.41, 5.74) is 0. The number of hydrogen-bond donors (Lipinski definition) is 1. The van der Waals surface area contributed by atoms with E-state index in [0.29, 0.717) is 18.5 Å². The lowest BCUT2D eigenvalue weighted by Gasteiger charge is -2.21. The standard InChI is InChI=1S/C12H18N4OS/c1-4-13-8-11-14-15-12(17-11)16(3)9(2)10-6-5-7-18-10/h5-7,9,13H,4,8H2,1-3H3. The third kappa shape index (κ3) is 2.88. The SMILES string of the molecule is CCNCc1nnc(N(C)C(C)c2cccs2)o1. The van der Waals surface area contributed by atoms with E-state index < -0.39 is 0 Å². The summed E-state index contributed by atoms with van der Waals surface area (Å²) < 4.78 is 5.61. The first-order valence-corrected chi connectivity index (χ1v) is 6.89. The molecule has 98 valence electrons. The maximum Gasteiger partial charge on any atom is 0.318 e. The molecule has 0 saturated heterocycles. The molecule has 0 amide bonds. The zero-order valence-electron chi connectivity index (χ0n) is 10.9. The Hall–Kier alpha value is -1.40. The molecule has 2 heterocycles. The van der Waals surface area contributed by atoms with Gasteiger partial charge in [-0.25, -0.2) is 0 Å². The molecular formula is C12H18N4OS. The van der Waals surface area contributed by atoms with E-state index in [9.17, 15) is 0 Å². The van der Waals surface area contributed by atoms with Crippen molar-refractivity contribution in [3.63, 3.8) is 0 Å². The molecule has 0 saturated carbocycles. The molecular weight excluding hydrogens is 248 g/mol. The third-order valence-electron chi connectivity index (χ3n) is 2.82. The van der Waals surface area contributed by atoms with Gasteiger partial charge in [0.15, 0.2) is 0 Å². The predicted molar refractivity (Wildman–Crippen MR) is 72.8 cm³/mol. The summed E-state index contributed by atoms with van der Waals surface area (Å²) in [6.45, 7) is 5.67. The molecule has 5 nitrogen and oxygen atoms in total. The maximum atomic E-state index is 5.61. The molecule has 6 heteroatoms. The van der Waals surface area contributed by atoms with E-state index in [1.807, 2.05) is 18.9 Å². The number of aromatic nitrogens is 2. The molecule has 18 heavy (non-hydrogen) atoms. The van der Waals surface area contributed by atoms with Gasteiger partial charge in [-0.05, 0) is 24.9 Å². The lowest BCUT2D eigenvalue weighted by Crippen LogP contribution is -2.21. The topological polar surface area (TPSA) is 54.2 Å². The molecule has 2 aromatic heterocycles. The highest BCUT2D eigenvalue weighted by Gasteiger charge is 2.18. The summed E-state index contributed by atoms with van der Waals surface area (Å²) >= 11 is 1.73. The average molecular weight is 266 g/mol. The first-order valence-electron chi connectivity index (χ1n) is 6.01. The highest BCUT2D eigenvalue weighted by Crippen LogP contribution is 2.27. The summed E-state index contributed by atoms with van der Waals surface area (Å²) in [4.78, 5) is 3.28. The van der Waals surface area contributed by atoms with Gasteiger partial charge in [-0.15, -0.1) is 16.4 Å². The Labute approximate surface area is 111 Å². The summed E-state index contributed by atoms with van der Waals surface area (Å²) in [7, 11) is 1.97. The van der Waals surface area contributed by atoms with Crippen molar-refractivity contribution in [2.75, 3.05) is 18.5 Å². The summed E-state index contributed by atoms with van der Waals surface area (Å²) in [5.74, 6) is 0.622. The van der Waals surface area contributed by atoms with Gasteiger partial charge >= 0.3 is 6.01 Å². The smallest absolute Gasteiger partial charge is 0.318 e. The summed E-state index contributed by atoms with van der Waals surface area (Å²) in [6.07, 6.45) is 0. The van der Waals surface area contributed by atoms with Crippen molar-refractivity contribution in [3.8, 4) is 0 Å². The van der Waals surface area contributed by atoms with Crippen LogP contribution in [0.25, 0.3) is 0 Å². The molecule has 0 bridgehead atoms. The number of anilines is 1. The zero-order valence-corrected chi connectivity index (χ0v) is 11.7. The van der Waals surface area contributed by atoms with Gasteiger partial charge < -0.3 is 14.6 Å². The van der Waals surface area contributed by atoms with Crippen LogP contribution in [0.15, 0.2) is 21.9 Å². The Morgan fingerprint density at radius 3 is 3.00 bits per heavy atom. The minimum atomic E-state index is 0.234. The van der Waals surface area contributed by atoms with Crippen LogP contribution in [-0.2, 0) is 6.54 Å².